The summed E-state index contributed by atoms with van der Waals surface area (Å²) in [6.45, 7) is 1.45. The van der Waals surface area contributed by atoms with E-state index >= 15 is 0 Å². The van der Waals surface area contributed by atoms with E-state index < -0.39 is 0 Å². The van der Waals surface area contributed by atoms with Crippen LogP contribution in [0.15, 0.2) is 48.5 Å². The van der Waals surface area contributed by atoms with Crippen LogP contribution < -0.4 is 11.1 Å². The minimum atomic E-state index is 0. The van der Waals surface area contributed by atoms with Gasteiger partial charge in [-0.25, -0.2) is 0 Å². The summed E-state index contributed by atoms with van der Waals surface area (Å²) in [5, 5.41) is 2.96. The van der Waals surface area contributed by atoms with Gasteiger partial charge in [0.15, 0.2) is 0 Å². The van der Waals surface area contributed by atoms with Gasteiger partial charge < -0.3 is 16.0 Å². The first-order valence-electron chi connectivity index (χ1n) is 7.36. The molecule has 2 rings (SSSR count). The molecule has 0 aromatic heterocycles. The van der Waals surface area contributed by atoms with Gasteiger partial charge in [-0.15, -0.1) is 24.8 Å². The van der Waals surface area contributed by atoms with Crippen molar-refractivity contribution in [2.75, 3.05) is 19.8 Å². The fraction of sp³-hybridized carbons (Fsp3) is 0.278. The normalized spacial score (nSPS) is 9.79. The largest absolute Gasteiger partial charge is 0.399 e. The number of carbonyl (C=O) groups is 1. The Morgan fingerprint density at radius 3 is 2.25 bits per heavy atom. The Hall–Kier alpha value is -1.75. The minimum absolute atomic E-state index is 0. The molecule has 0 heterocycles. The Balaban J connectivity index is 0.00000264. The Morgan fingerprint density at radius 1 is 1.00 bits per heavy atom. The topological polar surface area (TPSA) is 58.4 Å². The predicted molar refractivity (Wildman–Crippen MR) is 105 cm³/mol. The van der Waals surface area contributed by atoms with Gasteiger partial charge in [-0.2, -0.15) is 0 Å². The van der Waals surface area contributed by atoms with E-state index in [1.807, 2.05) is 50.5 Å². The predicted octanol–water partition coefficient (Wildman–Crippen LogP) is 3.03. The van der Waals surface area contributed by atoms with E-state index in [2.05, 4.69) is 22.3 Å². The number of nitrogen functional groups attached to an aromatic ring is 1. The van der Waals surface area contributed by atoms with Crippen LogP contribution in [-0.4, -0.2) is 24.9 Å². The molecule has 24 heavy (non-hydrogen) atoms. The molecule has 2 aromatic carbocycles. The number of hydrogen-bond acceptors (Lipinski definition) is 3. The summed E-state index contributed by atoms with van der Waals surface area (Å²) < 4.78 is 0. The van der Waals surface area contributed by atoms with E-state index in [0.29, 0.717) is 18.7 Å². The molecule has 0 aliphatic heterocycles. The summed E-state index contributed by atoms with van der Waals surface area (Å²) in [6, 6.07) is 15.7. The van der Waals surface area contributed by atoms with Crippen molar-refractivity contribution >= 4 is 36.4 Å². The van der Waals surface area contributed by atoms with Gasteiger partial charge in [-0.3, -0.25) is 4.79 Å². The highest BCUT2D eigenvalue weighted by atomic mass is 35.5. The second-order valence-electron chi connectivity index (χ2n) is 5.75. The van der Waals surface area contributed by atoms with Gasteiger partial charge >= 0.3 is 0 Å². The second-order valence-corrected chi connectivity index (χ2v) is 5.75. The summed E-state index contributed by atoms with van der Waals surface area (Å²) in [6.07, 6.45) is 0.373. The first-order chi connectivity index (χ1) is 10.5. The molecule has 0 atom stereocenters. The zero-order chi connectivity index (χ0) is 15.9. The van der Waals surface area contributed by atoms with E-state index in [9.17, 15) is 4.79 Å². The molecular weight excluding hydrogens is 345 g/mol. The number of amides is 1. The third-order valence-corrected chi connectivity index (χ3v) is 3.32. The maximum atomic E-state index is 12.0. The molecule has 0 saturated carbocycles. The fourth-order valence-corrected chi connectivity index (χ4v) is 2.29. The number of anilines is 1. The van der Waals surface area contributed by atoms with Crippen LogP contribution in [0.5, 0.6) is 0 Å². The maximum absolute atomic E-state index is 12.0. The van der Waals surface area contributed by atoms with Crippen LogP contribution in [0, 0.1) is 0 Å². The molecule has 0 aliphatic rings. The lowest BCUT2D eigenvalue weighted by molar-refractivity contribution is -0.120. The summed E-state index contributed by atoms with van der Waals surface area (Å²) in [5.74, 6) is 0.0165. The molecule has 0 bridgehead atoms. The molecular formula is C18H25Cl2N3O. The number of benzene rings is 2. The summed E-state index contributed by atoms with van der Waals surface area (Å²) in [7, 11) is 4.09. The smallest absolute Gasteiger partial charge is 0.224 e. The van der Waals surface area contributed by atoms with Crippen molar-refractivity contribution in [2.45, 2.75) is 19.5 Å². The van der Waals surface area contributed by atoms with Gasteiger partial charge in [0.1, 0.15) is 0 Å². The SMILES string of the molecule is CN(C)Cc1cccc(CNC(=O)Cc2ccc(N)cc2)c1.Cl.Cl. The fourth-order valence-electron chi connectivity index (χ4n) is 2.29. The molecule has 0 unspecified atom stereocenters. The molecule has 3 N–H and O–H groups in total. The summed E-state index contributed by atoms with van der Waals surface area (Å²) in [4.78, 5) is 14.1. The molecule has 1 amide bonds. The van der Waals surface area contributed by atoms with E-state index in [1.165, 1.54) is 5.56 Å². The van der Waals surface area contributed by atoms with Crippen LogP contribution in [0.2, 0.25) is 0 Å². The summed E-state index contributed by atoms with van der Waals surface area (Å²) >= 11 is 0. The van der Waals surface area contributed by atoms with Gasteiger partial charge in [0.05, 0.1) is 6.42 Å². The lowest BCUT2D eigenvalue weighted by Crippen LogP contribution is -2.24. The van der Waals surface area contributed by atoms with Crippen LogP contribution in [0.25, 0.3) is 0 Å². The van der Waals surface area contributed by atoms with E-state index in [-0.39, 0.29) is 30.7 Å². The molecule has 0 radical (unpaired) electrons. The van der Waals surface area contributed by atoms with Gasteiger partial charge in [0, 0.05) is 18.8 Å². The summed E-state index contributed by atoms with van der Waals surface area (Å²) in [5.41, 5.74) is 9.67. The van der Waals surface area contributed by atoms with Crippen molar-refractivity contribution in [1.82, 2.24) is 10.2 Å². The van der Waals surface area contributed by atoms with E-state index in [4.69, 9.17) is 5.73 Å². The lowest BCUT2D eigenvalue weighted by atomic mass is 10.1. The standard InChI is InChI=1S/C18H23N3O.2ClH/c1-21(2)13-16-5-3-4-15(10-16)12-20-18(22)11-14-6-8-17(19)9-7-14;;/h3-10H,11-13,19H2,1-2H3,(H,20,22);2*1H. The molecule has 0 spiro atoms. The highest BCUT2D eigenvalue weighted by molar-refractivity contribution is 5.85. The Kier molecular flexibility index (Phi) is 10.1. The zero-order valence-electron chi connectivity index (χ0n) is 14.0. The van der Waals surface area contributed by atoms with Crippen molar-refractivity contribution in [3.8, 4) is 0 Å². The maximum Gasteiger partial charge on any atom is 0.224 e. The Morgan fingerprint density at radius 2 is 1.62 bits per heavy atom. The molecule has 4 nitrogen and oxygen atoms in total. The minimum Gasteiger partial charge on any atom is -0.399 e. The Bertz CT molecular complexity index is 630. The highest BCUT2D eigenvalue weighted by Gasteiger charge is 2.04. The molecule has 0 saturated heterocycles. The van der Waals surface area contributed by atoms with E-state index in [1.54, 1.807) is 0 Å². The molecule has 132 valence electrons. The van der Waals surface area contributed by atoms with Crippen molar-refractivity contribution in [1.29, 1.82) is 0 Å². The van der Waals surface area contributed by atoms with Crippen LogP contribution in [0.3, 0.4) is 0 Å². The van der Waals surface area contributed by atoms with E-state index in [0.717, 1.165) is 17.7 Å². The average molecular weight is 370 g/mol. The number of rotatable bonds is 6. The van der Waals surface area contributed by atoms with Gasteiger partial charge in [0.2, 0.25) is 5.91 Å². The number of nitrogens with one attached hydrogen (secondary N) is 1. The van der Waals surface area contributed by atoms with Gasteiger partial charge in [0.25, 0.3) is 0 Å². The second kappa shape index (κ2) is 10.9. The van der Waals surface area contributed by atoms with Crippen LogP contribution in [-0.2, 0) is 24.3 Å². The third kappa shape index (κ3) is 7.68. The zero-order valence-corrected chi connectivity index (χ0v) is 15.6. The van der Waals surface area contributed by atoms with Crippen LogP contribution >= 0.6 is 24.8 Å². The number of nitrogens with two attached hydrogens (primary N) is 1. The number of carbonyl (C=O) groups excluding carboxylic acids is 1. The van der Waals surface area contributed by atoms with Crippen LogP contribution in [0.1, 0.15) is 16.7 Å². The quantitative estimate of drug-likeness (QED) is 0.769. The van der Waals surface area contributed by atoms with Crippen molar-refractivity contribution < 1.29 is 4.79 Å². The van der Waals surface area contributed by atoms with Crippen molar-refractivity contribution in [3.63, 3.8) is 0 Å². The highest BCUT2D eigenvalue weighted by Crippen LogP contribution is 2.08. The lowest BCUT2D eigenvalue weighted by Gasteiger charge is -2.11. The molecule has 2 aromatic rings. The first-order valence-corrected chi connectivity index (χ1v) is 7.36. The van der Waals surface area contributed by atoms with Crippen molar-refractivity contribution in [2.24, 2.45) is 0 Å². The van der Waals surface area contributed by atoms with Crippen molar-refractivity contribution in [3.05, 3.63) is 65.2 Å². The van der Waals surface area contributed by atoms with Crippen LogP contribution in [0.4, 0.5) is 5.69 Å². The van der Waals surface area contributed by atoms with Gasteiger partial charge in [-0.05, 0) is 42.9 Å². The molecule has 0 aliphatic carbocycles. The number of hydrogen-bond donors (Lipinski definition) is 2. The number of nitrogens with zero attached hydrogens (tertiary/aromatic N) is 1. The monoisotopic (exact) mass is 369 g/mol. The molecule has 6 heteroatoms. The number of halogens is 2. The Labute approximate surface area is 156 Å². The molecule has 0 fully saturated rings. The average Bonchev–Trinajstić information content (AvgIpc) is 2.47. The third-order valence-electron chi connectivity index (χ3n) is 3.32. The van der Waals surface area contributed by atoms with Gasteiger partial charge in [-0.1, -0.05) is 36.4 Å². The first kappa shape index (κ1) is 22.2.